The lowest BCUT2D eigenvalue weighted by Crippen LogP contribution is -2.32. The van der Waals surface area contributed by atoms with Crippen LogP contribution >= 0.6 is 0 Å². The third kappa shape index (κ3) is 2.81. The molecule has 0 saturated carbocycles. The summed E-state index contributed by atoms with van der Waals surface area (Å²) >= 11 is 0. The van der Waals surface area contributed by atoms with E-state index in [1.165, 1.54) is 25.3 Å². The van der Waals surface area contributed by atoms with Gasteiger partial charge in [0, 0.05) is 18.8 Å². The highest BCUT2D eigenvalue weighted by Gasteiger charge is 2.38. The topological polar surface area (TPSA) is 90.7 Å². The lowest BCUT2D eigenvalue weighted by molar-refractivity contribution is -0.0584. The number of imide groups is 1. The van der Waals surface area contributed by atoms with Gasteiger partial charge in [0.25, 0.3) is 11.8 Å². The molecule has 0 fully saturated rings. The first-order chi connectivity index (χ1) is 13.5. The Labute approximate surface area is 159 Å². The Bertz CT molecular complexity index is 1080. The predicted molar refractivity (Wildman–Crippen MR) is 97.6 cm³/mol. The summed E-state index contributed by atoms with van der Waals surface area (Å²) in [5.41, 5.74) is 1.74. The van der Waals surface area contributed by atoms with E-state index in [4.69, 9.17) is 9.57 Å². The molecule has 0 atom stereocenters. The highest BCUT2D eigenvalue weighted by molar-refractivity contribution is 6.21. The smallest absolute Gasteiger partial charge is 0.363 e. The van der Waals surface area contributed by atoms with E-state index < -0.39 is 17.8 Å². The second kappa shape index (κ2) is 6.66. The van der Waals surface area contributed by atoms with Gasteiger partial charge in [0.1, 0.15) is 5.75 Å². The van der Waals surface area contributed by atoms with Crippen molar-refractivity contribution in [1.29, 1.82) is 0 Å². The SMILES string of the molecule is COc1ccc(C(=O)ON2C(=O)c3ccccc3C2=O)cc1-c1ccn(C)n1. The normalized spacial score (nSPS) is 12.9. The van der Waals surface area contributed by atoms with Crippen LogP contribution in [0.15, 0.2) is 54.7 Å². The van der Waals surface area contributed by atoms with Crippen LogP contribution in [0.4, 0.5) is 0 Å². The zero-order chi connectivity index (χ0) is 19.8. The third-order valence-electron chi connectivity index (χ3n) is 4.36. The van der Waals surface area contributed by atoms with Crippen molar-refractivity contribution >= 4 is 17.8 Å². The van der Waals surface area contributed by atoms with Gasteiger partial charge in [0.05, 0.1) is 29.5 Å². The summed E-state index contributed by atoms with van der Waals surface area (Å²) in [6.45, 7) is 0. The molecule has 2 amide bonds. The standard InChI is InChI=1S/C20H15N3O5/c1-22-10-9-16(21-22)15-11-12(7-8-17(15)27-2)20(26)28-23-18(24)13-5-3-4-6-14(13)19(23)25/h3-11H,1-2H3. The summed E-state index contributed by atoms with van der Waals surface area (Å²) in [5.74, 6) is -1.66. The number of carbonyl (C=O) groups is 3. The lowest BCUT2D eigenvalue weighted by Gasteiger charge is -2.14. The van der Waals surface area contributed by atoms with Crippen LogP contribution in [0.1, 0.15) is 31.1 Å². The first kappa shape index (κ1) is 17.5. The highest BCUT2D eigenvalue weighted by atomic mass is 16.7. The number of ether oxygens (including phenoxy) is 1. The van der Waals surface area contributed by atoms with E-state index in [-0.39, 0.29) is 16.7 Å². The Balaban J connectivity index is 1.63. The van der Waals surface area contributed by atoms with Crippen molar-refractivity contribution in [2.24, 2.45) is 7.05 Å². The third-order valence-corrected chi connectivity index (χ3v) is 4.36. The molecule has 8 heteroatoms. The van der Waals surface area contributed by atoms with Crippen LogP contribution in [0.5, 0.6) is 5.75 Å². The van der Waals surface area contributed by atoms with Gasteiger partial charge in [-0.2, -0.15) is 5.10 Å². The number of methoxy groups -OCH3 is 1. The molecule has 2 heterocycles. The fourth-order valence-electron chi connectivity index (χ4n) is 2.98. The maximum atomic E-state index is 12.6. The van der Waals surface area contributed by atoms with E-state index in [9.17, 15) is 14.4 Å². The Kier molecular flexibility index (Phi) is 4.15. The fourth-order valence-corrected chi connectivity index (χ4v) is 2.98. The second-order valence-corrected chi connectivity index (χ2v) is 6.12. The summed E-state index contributed by atoms with van der Waals surface area (Å²) in [4.78, 5) is 42.4. The molecule has 140 valence electrons. The van der Waals surface area contributed by atoms with Crippen molar-refractivity contribution in [3.63, 3.8) is 0 Å². The minimum Gasteiger partial charge on any atom is -0.496 e. The molecule has 28 heavy (non-hydrogen) atoms. The number of hydrogen-bond donors (Lipinski definition) is 0. The largest absolute Gasteiger partial charge is 0.496 e. The molecule has 2 aromatic carbocycles. The average molecular weight is 377 g/mol. The van der Waals surface area contributed by atoms with E-state index in [2.05, 4.69) is 5.10 Å². The number of rotatable bonds is 4. The van der Waals surface area contributed by atoms with Gasteiger partial charge in [0.2, 0.25) is 0 Å². The summed E-state index contributed by atoms with van der Waals surface area (Å²) in [7, 11) is 3.29. The van der Waals surface area contributed by atoms with Crippen LogP contribution in [0, 0.1) is 0 Å². The monoisotopic (exact) mass is 377 g/mol. The molecule has 0 radical (unpaired) electrons. The molecule has 0 saturated heterocycles. The number of fused-ring (bicyclic) bond motifs is 1. The van der Waals surface area contributed by atoms with Gasteiger partial charge in [-0.05, 0) is 36.4 Å². The minimum atomic E-state index is -0.839. The lowest BCUT2D eigenvalue weighted by atomic mass is 10.1. The van der Waals surface area contributed by atoms with Gasteiger partial charge in [-0.1, -0.05) is 17.2 Å². The number of aromatic nitrogens is 2. The molecular weight excluding hydrogens is 362 g/mol. The number of hydroxylamine groups is 2. The van der Waals surface area contributed by atoms with Crippen molar-refractivity contribution in [2.75, 3.05) is 7.11 Å². The molecule has 0 N–H and O–H groups in total. The van der Waals surface area contributed by atoms with Gasteiger partial charge in [-0.3, -0.25) is 14.3 Å². The van der Waals surface area contributed by atoms with Crippen LogP contribution in [0.2, 0.25) is 0 Å². The first-order valence-electron chi connectivity index (χ1n) is 8.38. The number of carbonyl (C=O) groups excluding carboxylic acids is 3. The fraction of sp³-hybridized carbons (Fsp3) is 0.100. The molecule has 4 rings (SSSR count). The van der Waals surface area contributed by atoms with E-state index in [1.807, 2.05) is 0 Å². The maximum Gasteiger partial charge on any atom is 0.363 e. The van der Waals surface area contributed by atoms with Crippen LogP contribution in [-0.2, 0) is 11.9 Å². The molecule has 1 aromatic heterocycles. The van der Waals surface area contributed by atoms with Gasteiger partial charge in [-0.15, -0.1) is 0 Å². The van der Waals surface area contributed by atoms with Gasteiger partial charge in [0.15, 0.2) is 0 Å². The summed E-state index contributed by atoms with van der Waals surface area (Å²) in [5, 5.41) is 4.79. The molecule has 0 unspecified atom stereocenters. The van der Waals surface area contributed by atoms with E-state index in [0.29, 0.717) is 22.1 Å². The minimum absolute atomic E-state index is 0.151. The Morgan fingerprint density at radius 3 is 2.21 bits per heavy atom. The number of hydrogen-bond acceptors (Lipinski definition) is 6. The summed E-state index contributed by atoms with van der Waals surface area (Å²) in [6.07, 6.45) is 1.76. The van der Waals surface area contributed by atoms with E-state index in [0.717, 1.165) is 0 Å². The van der Waals surface area contributed by atoms with Crippen molar-refractivity contribution in [3.05, 3.63) is 71.4 Å². The predicted octanol–water partition coefficient (Wildman–Crippen LogP) is 2.46. The van der Waals surface area contributed by atoms with Crippen molar-refractivity contribution in [2.45, 2.75) is 0 Å². The van der Waals surface area contributed by atoms with Crippen molar-refractivity contribution < 1.29 is 24.0 Å². The highest BCUT2D eigenvalue weighted by Crippen LogP contribution is 2.30. The first-order valence-corrected chi connectivity index (χ1v) is 8.38. The zero-order valence-electron chi connectivity index (χ0n) is 15.1. The molecule has 1 aliphatic heterocycles. The number of aryl methyl sites for hydroxylation is 1. The van der Waals surface area contributed by atoms with Crippen LogP contribution in [-0.4, -0.2) is 39.7 Å². The molecule has 1 aliphatic rings. The molecule has 0 aliphatic carbocycles. The molecule has 8 nitrogen and oxygen atoms in total. The summed E-state index contributed by atoms with van der Waals surface area (Å²) in [6, 6.07) is 12.7. The second-order valence-electron chi connectivity index (χ2n) is 6.12. The molecular formula is C20H15N3O5. The molecule has 0 spiro atoms. The van der Waals surface area contributed by atoms with Crippen LogP contribution in [0.3, 0.4) is 0 Å². The van der Waals surface area contributed by atoms with Crippen molar-refractivity contribution in [3.8, 4) is 17.0 Å². The Morgan fingerprint density at radius 1 is 0.964 bits per heavy atom. The van der Waals surface area contributed by atoms with Gasteiger partial charge < -0.3 is 9.57 Å². The van der Waals surface area contributed by atoms with Crippen LogP contribution in [0.25, 0.3) is 11.3 Å². The van der Waals surface area contributed by atoms with E-state index in [1.54, 1.807) is 48.3 Å². The maximum absolute atomic E-state index is 12.6. The molecule has 0 bridgehead atoms. The number of benzene rings is 2. The van der Waals surface area contributed by atoms with Gasteiger partial charge >= 0.3 is 5.97 Å². The van der Waals surface area contributed by atoms with Crippen LogP contribution < -0.4 is 4.74 Å². The van der Waals surface area contributed by atoms with Gasteiger partial charge in [-0.25, -0.2) is 4.79 Å². The number of nitrogens with zero attached hydrogens (tertiary/aromatic N) is 3. The zero-order valence-corrected chi connectivity index (χ0v) is 15.1. The Hall–Kier alpha value is -3.94. The summed E-state index contributed by atoms with van der Waals surface area (Å²) < 4.78 is 6.96. The number of amides is 2. The Morgan fingerprint density at radius 2 is 1.64 bits per heavy atom. The molecule has 3 aromatic rings. The quantitative estimate of drug-likeness (QED) is 0.649. The van der Waals surface area contributed by atoms with Crippen molar-refractivity contribution in [1.82, 2.24) is 14.8 Å². The van der Waals surface area contributed by atoms with E-state index >= 15 is 0 Å². The average Bonchev–Trinajstić information content (AvgIpc) is 3.25.